The van der Waals surface area contributed by atoms with Gasteiger partial charge < -0.3 is 5.73 Å². The lowest BCUT2D eigenvalue weighted by atomic mass is 10.1. The number of aromatic nitrogens is 1. The lowest BCUT2D eigenvalue weighted by Crippen LogP contribution is -2.15. The number of carbonyl (C=O) groups is 2. The molecular formula is C9H10N2O2. The van der Waals surface area contributed by atoms with Gasteiger partial charge in [-0.25, -0.2) is 0 Å². The second-order valence-corrected chi connectivity index (χ2v) is 2.78. The third-order valence-corrected chi connectivity index (χ3v) is 1.61. The first kappa shape index (κ1) is 9.38. The van der Waals surface area contributed by atoms with Crippen molar-refractivity contribution in [2.75, 3.05) is 0 Å². The SMILES string of the molecule is CC(=O)Cc1cnccc1C(N)=O. The summed E-state index contributed by atoms with van der Waals surface area (Å²) >= 11 is 0. The molecule has 0 bridgehead atoms. The standard InChI is InChI=1S/C9H10N2O2/c1-6(12)4-7-5-11-3-2-8(7)9(10)13/h2-3,5H,4H2,1H3,(H2,10,13). The molecule has 0 fully saturated rings. The quantitative estimate of drug-likeness (QED) is 0.724. The fraction of sp³-hybridized carbons (Fsp3) is 0.222. The van der Waals surface area contributed by atoms with Crippen molar-refractivity contribution in [3.05, 3.63) is 29.6 Å². The second kappa shape index (κ2) is 3.80. The number of nitrogens with zero attached hydrogens (tertiary/aromatic N) is 1. The van der Waals surface area contributed by atoms with Gasteiger partial charge in [-0.3, -0.25) is 14.6 Å². The summed E-state index contributed by atoms with van der Waals surface area (Å²) in [5.41, 5.74) is 6.06. The first-order valence-corrected chi connectivity index (χ1v) is 3.83. The molecule has 0 unspecified atom stereocenters. The molecule has 1 amide bonds. The molecule has 0 atom stereocenters. The molecule has 4 heteroatoms. The summed E-state index contributed by atoms with van der Waals surface area (Å²) in [5, 5.41) is 0. The van der Waals surface area contributed by atoms with Crippen molar-refractivity contribution in [3.8, 4) is 0 Å². The Hall–Kier alpha value is -1.71. The van der Waals surface area contributed by atoms with Gasteiger partial charge in [-0.05, 0) is 18.6 Å². The molecule has 0 saturated heterocycles. The van der Waals surface area contributed by atoms with E-state index in [1.165, 1.54) is 25.4 Å². The van der Waals surface area contributed by atoms with E-state index in [2.05, 4.69) is 4.98 Å². The minimum Gasteiger partial charge on any atom is -0.366 e. The van der Waals surface area contributed by atoms with Gasteiger partial charge in [0.15, 0.2) is 0 Å². The third kappa shape index (κ3) is 2.37. The van der Waals surface area contributed by atoms with Crippen LogP contribution >= 0.6 is 0 Å². The van der Waals surface area contributed by atoms with E-state index in [4.69, 9.17) is 5.73 Å². The highest BCUT2D eigenvalue weighted by atomic mass is 16.1. The largest absolute Gasteiger partial charge is 0.366 e. The van der Waals surface area contributed by atoms with Crippen molar-refractivity contribution < 1.29 is 9.59 Å². The molecule has 0 spiro atoms. The molecule has 0 aliphatic heterocycles. The Bertz CT molecular complexity index is 347. The van der Waals surface area contributed by atoms with Crippen molar-refractivity contribution >= 4 is 11.7 Å². The summed E-state index contributed by atoms with van der Waals surface area (Å²) in [7, 11) is 0. The van der Waals surface area contributed by atoms with Crippen molar-refractivity contribution in [2.45, 2.75) is 13.3 Å². The van der Waals surface area contributed by atoms with Crippen LogP contribution < -0.4 is 5.73 Å². The number of primary amides is 1. The first-order chi connectivity index (χ1) is 6.11. The van der Waals surface area contributed by atoms with Gasteiger partial charge >= 0.3 is 0 Å². The van der Waals surface area contributed by atoms with Crippen molar-refractivity contribution in [3.63, 3.8) is 0 Å². The lowest BCUT2D eigenvalue weighted by Gasteiger charge is -2.02. The summed E-state index contributed by atoms with van der Waals surface area (Å²) in [4.78, 5) is 25.5. The highest BCUT2D eigenvalue weighted by Crippen LogP contribution is 2.06. The van der Waals surface area contributed by atoms with Gasteiger partial charge in [0.05, 0.1) is 0 Å². The van der Waals surface area contributed by atoms with E-state index in [-0.39, 0.29) is 12.2 Å². The van der Waals surface area contributed by atoms with Crippen LogP contribution in [0.4, 0.5) is 0 Å². The van der Waals surface area contributed by atoms with E-state index in [1.54, 1.807) is 0 Å². The molecule has 1 aromatic heterocycles. The van der Waals surface area contributed by atoms with Gasteiger partial charge in [-0.1, -0.05) is 0 Å². The van der Waals surface area contributed by atoms with Gasteiger partial charge in [-0.2, -0.15) is 0 Å². The Labute approximate surface area is 75.8 Å². The van der Waals surface area contributed by atoms with Crippen molar-refractivity contribution in [2.24, 2.45) is 5.73 Å². The average Bonchev–Trinajstić information content (AvgIpc) is 2.03. The summed E-state index contributed by atoms with van der Waals surface area (Å²) < 4.78 is 0. The number of hydrogen-bond donors (Lipinski definition) is 1. The van der Waals surface area contributed by atoms with Gasteiger partial charge in [0.25, 0.3) is 0 Å². The van der Waals surface area contributed by atoms with Crippen LogP contribution in [-0.2, 0) is 11.2 Å². The minimum absolute atomic E-state index is 0.0181. The molecule has 4 nitrogen and oxygen atoms in total. The Morgan fingerprint density at radius 2 is 2.23 bits per heavy atom. The average molecular weight is 178 g/mol. The van der Waals surface area contributed by atoms with Gasteiger partial charge in [0.1, 0.15) is 5.78 Å². The number of rotatable bonds is 3. The van der Waals surface area contributed by atoms with Crippen LogP contribution in [0, 0.1) is 0 Å². The number of ketones is 1. The van der Waals surface area contributed by atoms with E-state index >= 15 is 0 Å². The molecule has 0 aromatic carbocycles. The second-order valence-electron chi connectivity index (χ2n) is 2.78. The number of carbonyl (C=O) groups excluding carboxylic acids is 2. The number of hydrogen-bond acceptors (Lipinski definition) is 3. The first-order valence-electron chi connectivity index (χ1n) is 3.83. The number of amides is 1. The predicted octanol–water partition coefficient (Wildman–Crippen LogP) is 0.312. The Balaban J connectivity index is 3.04. The number of nitrogens with two attached hydrogens (primary N) is 1. The molecule has 1 rings (SSSR count). The molecule has 68 valence electrons. The van der Waals surface area contributed by atoms with Crippen LogP contribution in [0.5, 0.6) is 0 Å². The fourth-order valence-corrected chi connectivity index (χ4v) is 1.08. The zero-order chi connectivity index (χ0) is 9.84. The van der Waals surface area contributed by atoms with E-state index in [0.717, 1.165) is 0 Å². The van der Waals surface area contributed by atoms with Gasteiger partial charge in [0, 0.05) is 24.4 Å². The topological polar surface area (TPSA) is 73.1 Å². The molecule has 2 N–H and O–H groups in total. The van der Waals surface area contributed by atoms with Crippen LogP contribution in [0.3, 0.4) is 0 Å². The number of pyridine rings is 1. The van der Waals surface area contributed by atoms with E-state index in [9.17, 15) is 9.59 Å². The smallest absolute Gasteiger partial charge is 0.249 e. The maximum atomic E-state index is 10.9. The van der Waals surface area contributed by atoms with Gasteiger partial charge in [-0.15, -0.1) is 0 Å². The Morgan fingerprint density at radius 1 is 1.54 bits per heavy atom. The highest BCUT2D eigenvalue weighted by Gasteiger charge is 2.08. The molecule has 1 heterocycles. The van der Waals surface area contributed by atoms with E-state index in [0.29, 0.717) is 11.1 Å². The van der Waals surface area contributed by atoms with Crippen LogP contribution in [0.1, 0.15) is 22.8 Å². The molecule has 0 saturated carbocycles. The zero-order valence-electron chi connectivity index (χ0n) is 7.28. The van der Waals surface area contributed by atoms with Crippen molar-refractivity contribution in [1.82, 2.24) is 4.98 Å². The van der Waals surface area contributed by atoms with E-state index < -0.39 is 5.91 Å². The molecule has 0 radical (unpaired) electrons. The molecule has 0 aliphatic carbocycles. The fourth-order valence-electron chi connectivity index (χ4n) is 1.08. The molecular weight excluding hydrogens is 168 g/mol. The van der Waals surface area contributed by atoms with E-state index in [1.807, 2.05) is 0 Å². The highest BCUT2D eigenvalue weighted by molar-refractivity contribution is 5.95. The molecule has 13 heavy (non-hydrogen) atoms. The predicted molar refractivity (Wildman–Crippen MR) is 47.1 cm³/mol. The minimum atomic E-state index is -0.529. The summed E-state index contributed by atoms with van der Waals surface area (Å²) in [5.74, 6) is -0.547. The van der Waals surface area contributed by atoms with Gasteiger partial charge in [0.2, 0.25) is 5.91 Å². The summed E-state index contributed by atoms with van der Waals surface area (Å²) in [6, 6.07) is 1.51. The van der Waals surface area contributed by atoms with Crippen LogP contribution in [-0.4, -0.2) is 16.7 Å². The zero-order valence-corrected chi connectivity index (χ0v) is 7.28. The third-order valence-electron chi connectivity index (χ3n) is 1.61. The summed E-state index contributed by atoms with van der Waals surface area (Å²) in [6.45, 7) is 1.46. The lowest BCUT2D eigenvalue weighted by molar-refractivity contribution is -0.116. The molecule has 0 aliphatic rings. The normalized spacial score (nSPS) is 9.62. The van der Waals surface area contributed by atoms with Crippen LogP contribution in [0.25, 0.3) is 0 Å². The monoisotopic (exact) mass is 178 g/mol. The number of Topliss-reactive ketones (excluding diaryl/α,β-unsaturated/α-hetero) is 1. The Morgan fingerprint density at radius 3 is 2.77 bits per heavy atom. The maximum absolute atomic E-state index is 10.9. The molecule has 1 aromatic rings. The van der Waals surface area contributed by atoms with Crippen LogP contribution in [0.15, 0.2) is 18.5 Å². The van der Waals surface area contributed by atoms with Crippen molar-refractivity contribution in [1.29, 1.82) is 0 Å². The summed E-state index contributed by atoms with van der Waals surface area (Å²) in [6.07, 6.45) is 3.16. The maximum Gasteiger partial charge on any atom is 0.249 e. The Kier molecular flexibility index (Phi) is 2.74. The van der Waals surface area contributed by atoms with Crippen LogP contribution in [0.2, 0.25) is 0 Å².